The number of rotatable bonds is 28. The van der Waals surface area contributed by atoms with Gasteiger partial charge in [-0.3, -0.25) is 9.59 Å². The number of quaternary nitrogens is 1. The minimum atomic E-state index is -1.14. The molecule has 0 aliphatic heterocycles. The normalized spacial score (nSPS) is 13.8. The van der Waals surface area contributed by atoms with Crippen molar-refractivity contribution < 1.29 is 38.2 Å². The summed E-state index contributed by atoms with van der Waals surface area (Å²) in [5.41, 5.74) is 0. The highest BCUT2D eigenvalue weighted by Gasteiger charge is 2.25. The molecule has 8 nitrogen and oxygen atoms in total. The van der Waals surface area contributed by atoms with Gasteiger partial charge < -0.3 is 28.6 Å². The van der Waals surface area contributed by atoms with Gasteiger partial charge in [0.25, 0.3) is 0 Å². The van der Waals surface area contributed by atoms with Crippen LogP contribution < -0.4 is 5.11 Å². The molecule has 0 aromatic heterocycles. The number of esters is 2. The van der Waals surface area contributed by atoms with E-state index in [0.29, 0.717) is 6.42 Å². The van der Waals surface area contributed by atoms with E-state index >= 15 is 0 Å². The first-order valence-electron chi connectivity index (χ1n) is 16.7. The molecule has 0 radical (unpaired) electrons. The molecule has 44 heavy (non-hydrogen) atoms. The molecule has 0 spiro atoms. The van der Waals surface area contributed by atoms with Gasteiger partial charge in [0.1, 0.15) is 12.6 Å². The van der Waals surface area contributed by atoms with Gasteiger partial charge in [0.15, 0.2) is 6.10 Å². The number of carboxylic acids is 1. The highest BCUT2D eigenvalue weighted by Crippen LogP contribution is 2.11. The largest absolute Gasteiger partial charge is 0.544 e. The van der Waals surface area contributed by atoms with Crippen molar-refractivity contribution in [3.8, 4) is 0 Å². The minimum absolute atomic E-state index is 0.00875. The van der Waals surface area contributed by atoms with Gasteiger partial charge in [0.2, 0.25) is 0 Å². The van der Waals surface area contributed by atoms with Crippen molar-refractivity contribution in [1.82, 2.24) is 0 Å². The number of unbranched alkanes of at least 4 members (excludes halogenated alkanes) is 7. The number of likely N-dealkylation sites (N-methyl/N-ethyl adjacent to an activating group) is 1. The smallest absolute Gasteiger partial charge is 0.309 e. The maximum absolute atomic E-state index is 12.5. The molecule has 0 N–H and O–H groups in total. The molecule has 0 saturated carbocycles. The highest BCUT2D eigenvalue weighted by molar-refractivity contribution is 5.71. The van der Waals surface area contributed by atoms with Crippen LogP contribution in [0.15, 0.2) is 48.6 Å². The Hall–Kier alpha value is -2.71. The van der Waals surface area contributed by atoms with Gasteiger partial charge >= 0.3 is 11.9 Å². The predicted molar refractivity (Wildman–Crippen MR) is 176 cm³/mol. The van der Waals surface area contributed by atoms with Gasteiger partial charge in [0, 0.05) is 12.8 Å². The first-order chi connectivity index (χ1) is 21.1. The Balaban J connectivity index is 4.62. The van der Waals surface area contributed by atoms with Gasteiger partial charge in [-0.1, -0.05) is 94.6 Å². The van der Waals surface area contributed by atoms with E-state index in [9.17, 15) is 19.5 Å². The number of ether oxygens (including phenoxy) is 3. The van der Waals surface area contributed by atoms with Crippen molar-refractivity contribution in [3.63, 3.8) is 0 Å². The van der Waals surface area contributed by atoms with Gasteiger partial charge in [-0.05, 0) is 44.9 Å². The molecule has 0 bridgehead atoms. The second kappa shape index (κ2) is 27.8. The average molecular weight is 620 g/mol. The van der Waals surface area contributed by atoms with E-state index in [1.165, 1.54) is 12.8 Å². The van der Waals surface area contributed by atoms with Crippen LogP contribution in [0, 0.1) is 0 Å². The van der Waals surface area contributed by atoms with Crippen molar-refractivity contribution in [1.29, 1.82) is 0 Å². The molecule has 2 unspecified atom stereocenters. The molecule has 0 aliphatic rings. The fourth-order valence-electron chi connectivity index (χ4n) is 4.34. The maximum Gasteiger partial charge on any atom is 0.309 e. The zero-order chi connectivity index (χ0) is 32.9. The summed E-state index contributed by atoms with van der Waals surface area (Å²) in [5, 5.41) is 11.5. The van der Waals surface area contributed by atoms with E-state index in [1.807, 2.05) is 12.2 Å². The van der Waals surface area contributed by atoms with E-state index in [1.54, 1.807) is 27.2 Å². The second-order valence-electron chi connectivity index (χ2n) is 12.0. The summed E-state index contributed by atoms with van der Waals surface area (Å²) in [4.78, 5) is 36.3. The number of hydrogen-bond donors (Lipinski definition) is 0. The lowest BCUT2D eigenvalue weighted by Crippen LogP contribution is -2.55. The number of allylic oxidation sites excluding steroid dienone is 7. The van der Waals surface area contributed by atoms with Crippen LogP contribution in [0.2, 0.25) is 0 Å². The zero-order valence-electron chi connectivity index (χ0n) is 28.3. The fraction of sp³-hybridized carbons (Fsp3) is 0.694. The zero-order valence-corrected chi connectivity index (χ0v) is 28.3. The lowest BCUT2D eigenvalue weighted by Gasteiger charge is -2.34. The third-order valence-corrected chi connectivity index (χ3v) is 6.98. The van der Waals surface area contributed by atoms with Crippen LogP contribution in [0.3, 0.4) is 0 Å². The Morgan fingerprint density at radius 3 is 1.98 bits per heavy atom. The van der Waals surface area contributed by atoms with E-state index in [0.717, 1.165) is 64.2 Å². The summed E-state index contributed by atoms with van der Waals surface area (Å²) in [7, 11) is 5.35. The first kappa shape index (κ1) is 41.3. The number of hydrogen-bond acceptors (Lipinski definition) is 7. The number of carbonyl (C=O) groups is 3. The molecule has 0 rings (SSSR count). The SMILES string of the molecule is CC/C=C/C/C=C/C/C=C/CC(=O)OCC(COCCC(C(=O)[O-])[N+](C)(C)C)OC(=O)CCCCCCC/C=C/CCCC. The van der Waals surface area contributed by atoms with E-state index in [4.69, 9.17) is 14.2 Å². The average Bonchev–Trinajstić information content (AvgIpc) is 2.96. The third-order valence-electron chi connectivity index (χ3n) is 6.98. The Kier molecular flexibility index (Phi) is 26.1. The quantitative estimate of drug-likeness (QED) is 0.0432. The van der Waals surface area contributed by atoms with Crippen molar-refractivity contribution in [2.24, 2.45) is 0 Å². The van der Waals surface area contributed by atoms with Crippen LogP contribution in [0.25, 0.3) is 0 Å². The third kappa shape index (κ3) is 25.8. The molecule has 0 saturated heterocycles. The van der Waals surface area contributed by atoms with Crippen LogP contribution >= 0.6 is 0 Å². The standard InChI is InChI=1S/C36H61NO7/c1-6-8-10-12-14-16-17-19-21-23-25-27-35(39)44-32(30-42-29-28-33(36(40)41)37(3,4)5)31-43-34(38)26-24-22-20-18-15-13-11-9-7-2/h9,11-12,14-15,18,22,24,32-33H,6-8,10,13,16-17,19-21,23,25-31H2,1-5H3/b11-9+,14-12+,18-15+,24-22+. The van der Waals surface area contributed by atoms with Gasteiger partial charge in [-0.2, -0.15) is 0 Å². The van der Waals surface area contributed by atoms with Gasteiger partial charge in [-0.15, -0.1) is 0 Å². The fourth-order valence-corrected chi connectivity index (χ4v) is 4.34. The van der Waals surface area contributed by atoms with Gasteiger partial charge in [-0.25, -0.2) is 0 Å². The van der Waals surface area contributed by atoms with Crippen LogP contribution in [-0.2, 0) is 28.6 Å². The van der Waals surface area contributed by atoms with E-state index < -0.39 is 24.1 Å². The van der Waals surface area contributed by atoms with Crippen molar-refractivity contribution in [3.05, 3.63) is 48.6 Å². The Labute approximate surface area is 267 Å². The molecular formula is C36H61NO7. The summed E-state index contributed by atoms with van der Waals surface area (Å²) < 4.78 is 16.8. The Morgan fingerprint density at radius 2 is 1.34 bits per heavy atom. The highest BCUT2D eigenvalue weighted by atomic mass is 16.6. The minimum Gasteiger partial charge on any atom is -0.544 e. The number of aliphatic carboxylic acids is 1. The van der Waals surface area contributed by atoms with Crippen LogP contribution in [0.1, 0.15) is 110 Å². The molecule has 0 amide bonds. The first-order valence-corrected chi connectivity index (χ1v) is 16.7. The molecule has 0 aromatic carbocycles. The monoisotopic (exact) mass is 619 g/mol. The van der Waals surface area contributed by atoms with Gasteiger partial charge in [0.05, 0.1) is 46.7 Å². The van der Waals surface area contributed by atoms with Crippen molar-refractivity contribution in [2.75, 3.05) is 41.0 Å². The molecule has 252 valence electrons. The summed E-state index contributed by atoms with van der Waals surface area (Å²) in [6.07, 6.45) is 28.9. The lowest BCUT2D eigenvalue weighted by atomic mass is 10.1. The molecule has 0 heterocycles. The summed E-state index contributed by atoms with van der Waals surface area (Å²) in [6.45, 7) is 4.34. The topological polar surface area (TPSA) is 102 Å². The maximum atomic E-state index is 12.5. The number of nitrogens with zero attached hydrogens (tertiary/aromatic N) is 1. The molecular weight excluding hydrogens is 558 g/mol. The predicted octanol–water partition coefficient (Wildman–Crippen LogP) is 6.40. The summed E-state index contributed by atoms with van der Waals surface area (Å²) >= 11 is 0. The van der Waals surface area contributed by atoms with Crippen LogP contribution in [0.5, 0.6) is 0 Å². The summed E-state index contributed by atoms with van der Waals surface area (Å²) in [5.74, 6) is -1.91. The summed E-state index contributed by atoms with van der Waals surface area (Å²) in [6, 6.07) is -0.736. The Morgan fingerprint density at radius 1 is 0.727 bits per heavy atom. The van der Waals surface area contributed by atoms with Crippen molar-refractivity contribution in [2.45, 2.75) is 122 Å². The van der Waals surface area contributed by atoms with Crippen LogP contribution in [0.4, 0.5) is 0 Å². The number of carboxylic acid groups (broad SMARTS) is 1. The second-order valence-corrected chi connectivity index (χ2v) is 12.0. The Bertz CT molecular complexity index is 870. The van der Waals surface area contributed by atoms with E-state index in [-0.39, 0.29) is 43.1 Å². The number of carbonyl (C=O) groups excluding carboxylic acids is 3. The molecule has 0 aromatic rings. The van der Waals surface area contributed by atoms with Crippen LogP contribution in [-0.4, -0.2) is 75.5 Å². The molecule has 8 heteroatoms. The molecule has 2 atom stereocenters. The van der Waals surface area contributed by atoms with E-state index in [2.05, 4.69) is 44.2 Å². The van der Waals surface area contributed by atoms with Crippen molar-refractivity contribution >= 4 is 17.9 Å². The lowest BCUT2D eigenvalue weighted by molar-refractivity contribution is -0.889. The molecule has 0 fully saturated rings. The molecule has 0 aliphatic carbocycles.